The lowest BCUT2D eigenvalue weighted by Crippen LogP contribution is -2.41. The van der Waals surface area contributed by atoms with Gasteiger partial charge >= 0.3 is 0 Å². The molecule has 5 nitrogen and oxygen atoms in total. The highest BCUT2D eigenvalue weighted by Crippen LogP contribution is 2.20. The number of hydrogen-bond acceptors (Lipinski definition) is 5. The second-order valence-corrected chi connectivity index (χ2v) is 5.78. The summed E-state index contributed by atoms with van der Waals surface area (Å²) in [6.07, 6.45) is 0. The van der Waals surface area contributed by atoms with E-state index in [1.54, 1.807) is 6.92 Å². The fourth-order valence-electron chi connectivity index (χ4n) is 1.63. The smallest absolute Gasteiger partial charge is 0.227 e. The van der Waals surface area contributed by atoms with Crippen molar-refractivity contribution in [1.82, 2.24) is 9.97 Å². The number of anilines is 1. The molecule has 1 aliphatic rings. The summed E-state index contributed by atoms with van der Waals surface area (Å²) < 4.78 is 11.2. The molecule has 7 heteroatoms. The van der Waals surface area contributed by atoms with E-state index >= 15 is 0 Å². The van der Waals surface area contributed by atoms with E-state index in [2.05, 4.69) is 9.97 Å². The van der Waals surface area contributed by atoms with E-state index in [1.165, 1.54) is 0 Å². The van der Waals surface area contributed by atoms with E-state index in [4.69, 9.17) is 16.9 Å². The Labute approximate surface area is 108 Å². The topological polar surface area (TPSA) is 75.9 Å². The van der Waals surface area contributed by atoms with Gasteiger partial charge in [-0.3, -0.25) is 0 Å². The fourth-order valence-corrected chi connectivity index (χ4v) is 2.94. The standard InChI is InChI=1S/C10H11ClN4OS/c1-7-8(6-12)9(11)14-10(13-7)15-2-4-17(16)5-3-15/h2-5H2,1H3. The van der Waals surface area contributed by atoms with Crippen LogP contribution in [-0.4, -0.2) is 39.1 Å². The summed E-state index contributed by atoms with van der Waals surface area (Å²) in [4.78, 5) is 10.3. The predicted molar refractivity (Wildman–Crippen MR) is 66.6 cm³/mol. The Bertz CT molecular complexity index is 445. The summed E-state index contributed by atoms with van der Waals surface area (Å²) in [7, 11) is 0. The molecule has 0 amide bonds. The van der Waals surface area contributed by atoms with E-state index in [0.29, 0.717) is 41.8 Å². The van der Waals surface area contributed by atoms with E-state index in [0.717, 1.165) is 0 Å². The zero-order valence-electron chi connectivity index (χ0n) is 9.31. The van der Waals surface area contributed by atoms with E-state index in [1.807, 2.05) is 11.0 Å². The second kappa shape index (κ2) is 5.08. The lowest BCUT2D eigenvalue weighted by molar-refractivity contribution is 0.584. The van der Waals surface area contributed by atoms with Crippen LogP contribution in [0.1, 0.15) is 11.3 Å². The molecular formula is C10H11ClN4OS. The fraction of sp³-hybridized carbons (Fsp3) is 0.500. The third-order valence-electron chi connectivity index (χ3n) is 2.61. The Hall–Kier alpha value is -1.03. The van der Waals surface area contributed by atoms with Gasteiger partial charge in [0.1, 0.15) is 23.1 Å². The first-order valence-corrected chi connectivity index (χ1v) is 7.02. The summed E-state index contributed by atoms with van der Waals surface area (Å²) in [6.45, 7) is 3.06. The van der Waals surface area contributed by atoms with Crippen LogP contribution >= 0.6 is 11.6 Å². The van der Waals surface area contributed by atoms with Crippen molar-refractivity contribution >= 4 is 28.7 Å². The average molecular weight is 271 g/mol. The Morgan fingerprint density at radius 1 is 1.41 bits per heavy atom. The van der Waals surface area contributed by atoms with Crippen molar-refractivity contribution in [3.05, 3.63) is 16.4 Å². The molecule has 1 saturated heterocycles. The van der Waals surface area contributed by atoms with Gasteiger partial charge in [-0.1, -0.05) is 22.8 Å². The van der Waals surface area contributed by atoms with Gasteiger partial charge in [-0.15, -0.1) is 0 Å². The van der Waals surface area contributed by atoms with Gasteiger partial charge in [0, 0.05) is 0 Å². The van der Waals surface area contributed by atoms with Crippen LogP contribution in [-0.2, 0) is 11.2 Å². The molecule has 90 valence electrons. The van der Waals surface area contributed by atoms with Crippen LogP contribution in [0.3, 0.4) is 0 Å². The minimum absolute atomic E-state index is 0.182. The molecule has 2 rings (SSSR count). The van der Waals surface area contributed by atoms with Gasteiger partial charge in [-0.05, 0) is 6.92 Å². The van der Waals surface area contributed by atoms with Crippen LogP contribution in [0.2, 0.25) is 5.15 Å². The highest BCUT2D eigenvalue weighted by atomic mass is 35.5. The van der Waals surface area contributed by atoms with E-state index in [9.17, 15) is 4.55 Å². The number of aromatic nitrogens is 2. The molecule has 0 aliphatic carbocycles. The highest BCUT2D eigenvalue weighted by Gasteiger charge is 2.22. The first-order chi connectivity index (χ1) is 8.11. The van der Waals surface area contributed by atoms with E-state index in [-0.39, 0.29) is 5.15 Å². The minimum Gasteiger partial charge on any atom is -0.616 e. The highest BCUT2D eigenvalue weighted by molar-refractivity contribution is 7.91. The van der Waals surface area contributed by atoms with Crippen molar-refractivity contribution < 1.29 is 4.55 Å². The molecule has 0 spiro atoms. The van der Waals surface area contributed by atoms with Crippen LogP contribution in [0.25, 0.3) is 0 Å². The van der Waals surface area contributed by atoms with Gasteiger partial charge in [0.25, 0.3) is 0 Å². The Morgan fingerprint density at radius 2 is 2.06 bits per heavy atom. The van der Waals surface area contributed by atoms with Gasteiger partial charge in [-0.25, -0.2) is 4.98 Å². The monoisotopic (exact) mass is 270 g/mol. The molecular weight excluding hydrogens is 260 g/mol. The molecule has 0 radical (unpaired) electrons. The first-order valence-electron chi connectivity index (χ1n) is 5.16. The number of nitriles is 1. The zero-order chi connectivity index (χ0) is 12.4. The maximum Gasteiger partial charge on any atom is 0.227 e. The summed E-state index contributed by atoms with van der Waals surface area (Å²) in [5.74, 6) is 1.77. The quantitative estimate of drug-likeness (QED) is 0.559. The van der Waals surface area contributed by atoms with Crippen molar-refractivity contribution in [3.8, 4) is 6.07 Å². The van der Waals surface area contributed by atoms with Crippen LogP contribution in [0, 0.1) is 18.3 Å². The molecule has 0 N–H and O–H groups in total. The largest absolute Gasteiger partial charge is 0.616 e. The molecule has 1 fully saturated rings. The molecule has 0 aromatic carbocycles. The maximum atomic E-state index is 11.2. The number of rotatable bonds is 1. The zero-order valence-corrected chi connectivity index (χ0v) is 10.9. The lowest BCUT2D eigenvalue weighted by atomic mass is 10.3. The lowest BCUT2D eigenvalue weighted by Gasteiger charge is -2.28. The van der Waals surface area contributed by atoms with Gasteiger partial charge < -0.3 is 9.45 Å². The molecule has 0 atom stereocenters. The van der Waals surface area contributed by atoms with Gasteiger partial charge in [0.05, 0.1) is 18.8 Å². The summed E-state index contributed by atoms with van der Waals surface area (Å²) in [5, 5.41) is 9.05. The molecule has 1 aromatic rings. The van der Waals surface area contributed by atoms with Crippen LogP contribution in [0.15, 0.2) is 0 Å². The Balaban J connectivity index is 2.26. The number of aryl methyl sites for hydroxylation is 1. The van der Waals surface area contributed by atoms with Gasteiger partial charge in [0.15, 0.2) is 5.15 Å². The summed E-state index contributed by atoms with van der Waals surface area (Å²) >= 11 is 5.19. The third-order valence-corrected chi connectivity index (χ3v) is 4.16. The van der Waals surface area contributed by atoms with Crippen molar-refractivity contribution in [3.63, 3.8) is 0 Å². The number of nitrogens with zero attached hydrogens (tertiary/aromatic N) is 4. The maximum absolute atomic E-state index is 11.2. The average Bonchev–Trinajstić information content (AvgIpc) is 2.29. The predicted octanol–water partition coefficient (Wildman–Crippen LogP) is 0.879. The van der Waals surface area contributed by atoms with Crippen LogP contribution in [0.4, 0.5) is 5.95 Å². The van der Waals surface area contributed by atoms with Crippen molar-refractivity contribution in [2.45, 2.75) is 6.92 Å². The van der Waals surface area contributed by atoms with E-state index < -0.39 is 11.2 Å². The van der Waals surface area contributed by atoms with Gasteiger partial charge in [0.2, 0.25) is 5.95 Å². The Kier molecular flexibility index (Phi) is 3.72. The molecule has 1 aromatic heterocycles. The SMILES string of the molecule is Cc1nc(N2CC[S+]([O-])CC2)nc(Cl)c1C#N. The molecule has 0 bridgehead atoms. The molecule has 0 unspecified atom stereocenters. The molecule has 0 saturated carbocycles. The number of halogens is 1. The first kappa shape index (κ1) is 12.4. The van der Waals surface area contributed by atoms with Crippen LogP contribution in [0.5, 0.6) is 0 Å². The molecule has 2 heterocycles. The van der Waals surface area contributed by atoms with Crippen molar-refractivity contribution in [2.24, 2.45) is 0 Å². The molecule has 17 heavy (non-hydrogen) atoms. The third kappa shape index (κ3) is 2.63. The number of hydrogen-bond donors (Lipinski definition) is 0. The Morgan fingerprint density at radius 3 is 2.59 bits per heavy atom. The molecule has 1 aliphatic heterocycles. The van der Waals surface area contributed by atoms with Crippen molar-refractivity contribution in [1.29, 1.82) is 5.26 Å². The second-order valence-electron chi connectivity index (χ2n) is 3.72. The van der Waals surface area contributed by atoms with Crippen molar-refractivity contribution in [2.75, 3.05) is 29.5 Å². The summed E-state index contributed by atoms with van der Waals surface area (Å²) in [5.41, 5.74) is 0.894. The van der Waals surface area contributed by atoms with Gasteiger partial charge in [-0.2, -0.15) is 10.2 Å². The van der Waals surface area contributed by atoms with Crippen LogP contribution < -0.4 is 4.90 Å². The summed E-state index contributed by atoms with van der Waals surface area (Å²) in [6, 6.07) is 1.98. The normalized spacial score (nSPS) is 16.9. The minimum atomic E-state index is -0.734.